The molecule has 1 aromatic carbocycles. The number of aliphatic imine (C=N–C) groups is 1. The maximum Gasteiger partial charge on any atom is 0.416 e. The van der Waals surface area contributed by atoms with Gasteiger partial charge in [0.1, 0.15) is 11.4 Å². The standard InChI is InChI=1S/C29H31F6N3O4/c1-2-22(17-3-5-19(6-4-17)25(41)36-16-13-23(39)40)38-26(42)24(18-7-9-20(10-8-18)28(30,31)32)37-27(38)14-11-21(12-15-27)29(33,34)35/h3,5,7-10,21-22H,2,4,6,11-16H2,1H3,(H,36,41)(H,39,40). The summed E-state index contributed by atoms with van der Waals surface area (Å²) >= 11 is 0. The van der Waals surface area contributed by atoms with E-state index in [9.17, 15) is 40.7 Å². The monoisotopic (exact) mass is 599 g/mol. The zero-order valence-corrected chi connectivity index (χ0v) is 22.8. The first-order valence-electron chi connectivity index (χ1n) is 13.7. The van der Waals surface area contributed by atoms with E-state index in [4.69, 9.17) is 5.11 Å². The molecule has 0 radical (unpaired) electrons. The lowest BCUT2D eigenvalue weighted by Crippen LogP contribution is -2.55. The number of rotatable bonds is 8. The van der Waals surface area contributed by atoms with Gasteiger partial charge < -0.3 is 15.3 Å². The molecule has 13 heteroatoms. The molecule has 1 saturated carbocycles. The molecule has 1 unspecified atom stereocenters. The Morgan fingerprint density at radius 1 is 1.07 bits per heavy atom. The van der Waals surface area contributed by atoms with Crippen molar-refractivity contribution in [2.24, 2.45) is 10.9 Å². The molecule has 1 fully saturated rings. The fourth-order valence-electron chi connectivity index (χ4n) is 5.94. The van der Waals surface area contributed by atoms with Gasteiger partial charge in [0.2, 0.25) is 5.91 Å². The summed E-state index contributed by atoms with van der Waals surface area (Å²) < 4.78 is 79.9. The van der Waals surface area contributed by atoms with Crippen LogP contribution in [-0.4, -0.2) is 57.9 Å². The van der Waals surface area contributed by atoms with Crippen LogP contribution in [0.5, 0.6) is 0 Å². The lowest BCUT2D eigenvalue weighted by atomic mass is 9.79. The minimum Gasteiger partial charge on any atom is -0.481 e. The van der Waals surface area contributed by atoms with Gasteiger partial charge in [-0.1, -0.05) is 31.2 Å². The SMILES string of the molecule is CCC(C1=CC=C(C(=O)NCCC(=O)O)CC1)N1C(=O)C(c2ccc(C(F)(F)F)cc2)=NC12CCC(C(F)(F)F)CC2. The van der Waals surface area contributed by atoms with Crippen LogP contribution in [0.2, 0.25) is 0 Å². The van der Waals surface area contributed by atoms with Gasteiger partial charge >= 0.3 is 18.3 Å². The highest BCUT2D eigenvalue weighted by Crippen LogP contribution is 2.48. The highest BCUT2D eigenvalue weighted by molar-refractivity contribution is 6.46. The van der Waals surface area contributed by atoms with Crippen LogP contribution in [0.15, 0.2) is 52.6 Å². The maximum absolute atomic E-state index is 13.9. The van der Waals surface area contributed by atoms with Crippen LogP contribution < -0.4 is 5.32 Å². The Balaban J connectivity index is 1.64. The second-order valence-electron chi connectivity index (χ2n) is 10.8. The molecule has 1 aliphatic heterocycles. The Hall–Kier alpha value is -3.64. The molecular formula is C29H31F6N3O4. The third kappa shape index (κ3) is 6.54. The van der Waals surface area contributed by atoms with E-state index in [0.29, 0.717) is 24.8 Å². The fraction of sp³-hybridized carbons (Fsp3) is 0.517. The molecule has 0 aromatic heterocycles. The molecular weight excluding hydrogens is 568 g/mol. The lowest BCUT2D eigenvalue weighted by molar-refractivity contribution is -0.188. The van der Waals surface area contributed by atoms with Crippen LogP contribution in [0.3, 0.4) is 0 Å². The average molecular weight is 600 g/mol. The Labute approximate surface area is 238 Å². The summed E-state index contributed by atoms with van der Waals surface area (Å²) in [5.74, 6) is -3.56. The number of carboxylic acids is 1. The van der Waals surface area contributed by atoms with Crippen molar-refractivity contribution in [2.75, 3.05) is 6.54 Å². The number of carboxylic acid groups (broad SMARTS) is 1. The van der Waals surface area contributed by atoms with Gasteiger partial charge in [-0.3, -0.25) is 19.4 Å². The zero-order chi connectivity index (χ0) is 30.9. The van der Waals surface area contributed by atoms with Crippen LogP contribution in [0.25, 0.3) is 0 Å². The number of benzene rings is 1. The van der Waals surface area contributed by atoms with Crippen LogP contribution in [0, 0.1) is 5.92 Å². The number of allylic oxidation sites excluding steroid dienone is 2. The predicted molar refractivity (Wildman–Crippen MR) is 140 cm³/mol. The number of nitrogens with zero attached hydrogens (tertiary/aromatic N) is 2. The normalized spacial score (nSPS) is 23.8. The zero-order valence-electron chi connectivity index (χ0n) is 22.8. The van der Waals surface area contributed by atoms with E-state index in [-0.39, 0.29) is 49.9 Å². The summed E-state index contributed by atoms with van der Waals surface area (Å²) in [6.45, 7) is 1.79. The van der Waals surface area contributed by atoms with Crippen LogP contribution in [0.1, 0.15) is 69.4 Å². The Morgan fingerprint density at radius 3 is 2.21 bits per heavy atom. The first-order valence-corrected chi connectivity index (χ1v) is 13.7. The summed E-state index contributed by atoms with van der Waals surface area (Å²) in [4.78, 5) is 43.2. The van der Waals surface area contributed by atoms with Crippen molar-refractivity contribution in [3.05, 3.63) is 58.7 Å². The maximum atomic E-state index is 13.9. The van der Waals surface area contributed by atoms with E-state index in [1.807, 2.05) is 6.92 Å². The second-order valence-corrected chi connectivity index (χ2v) is 10.8. The molecule has 42 heavy (non-hydrogen) atoms. The van der Waals surface area contributed by atoms with Crippen molar-refractivity contribution in [1.82, 2.24) is 10.2 Å². The Morgan fingerprint density at radius 2 is 1.71 bits per heavy atom. The largest absolute Gasteiger partial charge is 0.481 e. The summed E-state index contributed by atoms with van der Waals surface area (Å²) in [6, 6.07) is 3.42. The first kappa shape index (κ1) is 31.3. The topological polar surface area (TPSA) is 99.1 Å². The molecule has 0 bridgehead atoms. The molecule has 1 heterocycles. The minimum atomic E-state index is -4.58. The summed E-state index contributed by atoms with van der Waals surface area (Å²) in [5, 5.41) is 11.3. The fourth-order valence-corrected chi connectivity index (χ4v) is 5.94. The number of nitrogens with one attached hydrogen (secondary N) is 1. The molecule has 7 nitrogen and oxygen atoms in total. The minimum absolute atomic E-state index is 0.0343. The van der Waals surface area contributed by atoms with Crippen molar-refractivity contribution < 1.29 is 45.8 Å². The summed E-state index contributed by atoms with van der Waals surface area (Å²) in [7, 11) is 0. The molecule has 2 aliphatic carbocycles. The highest BCUT2D eigenvalue weighted by Gasteiger charge is 2.55. The molecule has 1 atom stereocenters. The smallest absolute Gasteiger partial charge is 0.416 e. The van der Waals surface area contributed by atoms with Gasteiger partial charge in [0, 0.05) is 17.7 Å². The number of halogens is 6. The van der Waals surface area contributed by atoms with Crippen molar-refractivity contribution in [3.8, 4) is 0 Å². The van der Waals surface area contributed by atoms with E-state index in [1.54, 1.807) is 12.2 Å². The van der Waals surface area contributed by atoms with Crippen LogP contribution in [-0.2, 0) is 20.6 Å². The van der Waals surface area contributed by atoms with Gasteiger partial charge in [-0.05, 0) is 62.7 Å². The van der Waals surface area contributed by atoms with Crippen molar-refractivity contribution >= 4 is 23.5 Å². The van der Waals surface area contributed by atoms with Gasteiger partial charge in [0.05, 0.1) is 23.9 Å². The lowest BCUT2D eigenvalue weighted by Gasteiger charge is -2.46. The average Bonchev–Trinajstić information content (AvgIpc) is 3.20. The van der Waals surface area contributed by atoms with Crippen molar-refractivity contribution in [2.45, 2.75) is 82.3 Å². The second kappa shape index (κ2) is 11.9. The predicted octanol–water partition coefficient (Wildman–Crippen LogP) is 5.80. The van der Waals surface area contributed by atoms with Crippen LogP contribution >= 0.6 is 0 Å². The van der Waals surface area contributed by atoms with E-state index >= 15 is 0 Å². The Bertz CT molecular complexity index is 1310. The quantitative estimate of drug-likeness (QED) is 0.369. The molecule has 2 N–H and O–H groups in total. The Kier molecular flexibility index (Phi) is 8.89. The number of carbonyl (C=O) groups is 3. The molecule has 2 amide bonds. The number of alkyl halides is 6. The number of aliphatic carboxylic acids is 1. The third-order valence-electron chi connectivity index (χ3n) is 8.15. The molecule has 4 rings (SSSR count). The summed E-state index contributed by atoms with van der Waals surface area (Å²) in [6.07, 6.45) is -5.43. The van der Waals surface area contributed by atoms with Crippen molar-refractivity contribution in [1.29, 1.82) is 0 Å². The number of amides is 2. The van der Waals surface area contributed by atoms with E-state index in [0.717, 1.165) is 29.8 Å². The number of carbonyl (C=O) groups excluding carboxylic acids is 2. The number of hydrogen-bond acceptors (Lipinski definition) is 4. The number of hydrogen-bond donors (Lipinski definition) is 2. The molecule has 0 saturated heterocycles. The van der Waals surface area contributed by atoms with E-state index < -0.39 is 53.3 Å². The summed E-state index contributed by atoms with van der Waals surface area (Å²) in [5.41, 5.74) is -0.916. The third-order valence-corrected chi connectivity index (χ3v) is 8.15. The first-order chi connectivity index (χ1) is 19.7. The van der Waals surface area contributed by atoms with Gasteiger partial charge in [-0.2, -0.15) is 26.3 Å². The van der Waals surface area contributed by atoms with Gasteiger partial charge in [-0.25, -0.2) is 0 Å². The van der Waals surface area contributed by atoms with Crippen LogP contribution in [0.4, 0.5) is 26.3 Å². The van der Waals surface area contributed by atoms with Gasteiger partial charge in [-0.15, -0.1) is 0 Å². The van der Waals surface area contributed by atoms with Crippen molar-refractivity contribution in [3.63, 3.8) is 0 Å². The van der Waals surface area contributed by atoms with E-state index in [1.165, 1.54) is 4.90 Å². The van der Waals surface area contributed by atoms with Gasteiger partial charge in [0.15, 0.2) is 0 Å². The molecule has 1 spiro atoms. The molecule has 3 aliphatic rings. The van der Waals surface area contributed by atoms with Gasteiger partial charge in [0.25, 0.3) is 5.91 Å². The van der Waals surface area contributed by atoms with E-state index in [2.05, 4.69) is 10.3 Å². The molecule has 228 valence electrons. The molecule has 1 aromatic rings. The highest BCUT2D eigenvalue weighted by atomic mass is 19.4.